The van der Waals surface area contributed by atoms with Crippen molar-refractivity contribution in [2.45, 2.75) is 91.0 Å². The summed E-state index contributed by atoms with van der Waals surface area (Å²) in [5.74, 6) is -3.41. The van der Waals surface area contributed by atoms with E-state index in [2.05, 4.69) is 31.9 Å². The van der Waals surface area contributed by atoms with Gasteiger partial charge in [-0.2, -0.15) is 0 Å². The van der Waals surface area contributed by atoms with E-state index in [1.54, 1.807) is 24.3 Å². The number of rotatable bonds is 7. The van der Waals surface area contributed by atoms with Gasteiger partial charge in [-0.1, -0.05) is 58.0 Å². The summed E-state index contributed by atoms with van der Waals surface area (Å²) in [7, 11) is 0. The van der Waals surface area contributed by atoms with Crippen LogP contribution in [-0.4, -0.2) is 72.2 Å². The van der Waals surface area contributed by atoms with Crippen molar-refractivity contribution < 1.29 is 28.8 Å². The predicted octanol–water partition coefficient (Wildman–Crippen LogP) is -0.0851. The molecule has 0 aromatic heterocycles. The Kier molecular flexibility index (Phi) is 12.8. The highest BCUT2D eigenvalue weighted by molar-refractivity contribution is 5.97. The Morgan fingerprint density at radius 2 is 1.27 bits per heavy atom. The Bertz CT molecular complexity index is 1090. The van der Waals surface area contributed by atoms with E-state index in [9.17, 15) is 28.8 Å². The molecular weight excluding hydrogens is 528 g/mol. The van der Waals surface area contributed by atoms with Crippen LogP contribution in [0, 0.1) is 11.8 Å². The lowest BCUT2D eigenvalue weighted by molar-refractivity contribution is -0.136. The maximum absolute atomic E-state index is 13.5. The van der Waals surface area contributed by atoms with Gasteiger partial charge in [0.05, 0.1) is 0 Å². The molecule has 6 N–H and O–H groups in total. The fourth-order valence-electron chi connectivity index (χ4n) is 4.47. The molecule has 1 fully saturated rings. The minimum atomic E-state index is -1.19. The molecule has 1 saturated heterocycles. The average Bonchev–Trinajstić information content (AvgIpc) is 2.88. The van der Waals surface area contributed by atoms with Crippen LogP contribution in [0.4, 0.5) is 0 Å². The quantitative estimate of drug-likeness (QED) is 0.266. The fraction of sp³-hybridized carbons (Fsp3) is 0.586. The molecular formula is C29H44N6O6. The van der Waals surface area contributed by atoms with Crippen LogP contribution in [0.15, 0.2) is 30.3 Å². The SMILES string of the molecule is CC(=O)N[C@H]1CNC(=O)[C@H](CC(C)C)NC(=O)[C@H](C)NC(=O)[C@H](CC(C)C)NC(=O)[C@H](Cc2ccccc2)NC1=O. The van der Waals surface area contributed by atoms with Crippen LogP contribution in [0.2, 0.25) is 0 Å². The van der Waals surface area contributed by atoms with Crippen molar-refractivity contribution in [3.63, 3.8) is 0 Å². The third-order valence-corrected chi connectivity index (χ3v) is 6.52. The number of benzene rings is 1. The van der Waals surface area contributed by atoms with Gasteiger partial charge in [-0.3, -0.25) is 28.8 Å². The zero-order valence-electron chi connectivity index (χ0n) is 24.7. The van der Waals surface area contributed by atoms with Gasteiger partial charge in [0.15, 0.2) is 0 Å². The van der Waals surface area contributed by atoms with Crippen LogP contribution in [0.5, 0.6) is 0 Å². The van der Waals surface area contributed by atoms with E-state index in [1.165, 1.54) is 13.8 Å². The summed E-state index contributed by atoms with van der Waals surface area (Å²) >= 11 is 0. The molecule has 0 aliphatic carbocycles. The molecule has 0 spiro atoms. The molecule has 5 atom stereocenters. The Morgan fingerprint density at radius 3 is 1.83 bits per heavy atom. The van der Waals surface area contributed by atoms with Crippen molar-refractivity contribution in [1.29, 1.82) is 0 Å². The van der Waals surface area contributed by atoms with Crippen molar-refractivity contribution >= 4 is 35.4 Å². The summed E-state index contributed by atoms with van der Waals surface area (Å²) in [5.41, 5.74) is 0.762. The van der Waals surface area contributed by atoms with Crippen molar-refractivity contribution in [2.75, 3.05) is 6.54 Å². The van der Waals surface area contributed by atoms with Crippen molar-refractivity contribution in [3.8, 4) is 0 Å². The second-order valence-electron chi connectivity index (χ2n) is 11.4. The summed E-state index contributed by atoms with van der Waals surface area (Å²) in [6.07, 6.45) is 0.702. The van der Waals surface area contributed by atoms with E-state index in [-0.39, 0.29) is 31.2 Å². The smallest absolute Gasteiger partial charge is 0.245 e. The summed E-state index contributed by atoms with van der Waals surface area (Å²) in [6.45, 7) is 10.0. The molecule has 12 nitrogen and oxygen atoms in total. The van der Waals surface area contributed by atoms with Crippen molar-refractivity contribution in [2.24, 2.45) is 11.8 Å². The van der Waals surface area contributed by atoms with Gasteiger partial charge in [-0.15, -0.1) is 0 Å². The molecule has 1 heterocycles. The summed E-state index contributed by atoms with van der Waals surface area (Å²) in [6, 6.07) is 3.83. The Hall–Kier alpha value is -3.96. The van der Waals surface area contributed by atoms with Crippen LogP contribution in [0.1, 0.15) is 59.9 Å². The van der Waals surface area contributed by atoms with Gasteiger partial charge in [-0.05, 0) is 37.2 Å². The van der Waals surface area contributed by atoms with Gasteiger partial charge < -0.3 is 31.9 Å². The van der Waals surface area contributed by atoms with Crippen LogP contribution in [0.25, 0.3) is 0 Å². The van der Waals surface area contributed by atoms with Gasteiger partial charge in [-0.25, -0.2) is 0 Å². The molecule has 2 rings (SSSR count). The second kappa shape index (κ2) is 15.7. The maximum atomic E-state index is 13.5. The lowest BCUT2D eigenvalue weighted by atomic mass is 10.00. The van der Waals surface area contributed by atoms with Crippen molar-refractivity contribution in [1.82, 2.24) is 31.9 Å². The highest BCUT2D eigenvalue weighted by Crippen LogP contribution is 2.10. The van der Waals surface area contributed by atoms with E-state index in [0.29, 0.717) is 6.42 Å². The first-order valence-electron chi connectivity index (χ1n) is 14.1. The van der Waals surface area contributed by atoms with Gasteiger partial charge in [0.2, 0.25) is 35.4 Å². The Balaban J connectivity index is 2.49. The lowest BCUT2D eigenvalue weighted by Gasteiger charge is -2.28. The Labute approximate surface area is 241 Å². The first-order chi connectivity index (χ1) is 19.3. The largest absolute Gasteiger partial charge is 0.352 e. The van der Waals surface area contributed by atoms with Crippen molar-refractivity contribution in [3.05, 3.63) is 35.9 Å². The molecule has 0 unspecified atom stereocenters. The number of amides is 6. The van der Waals surface area contributed by atoms with Crippen LogP contribution in [-0.2, 0) is 35.2 Å². The number of hydrogen-bond donors (Lipinski definition) is 6. The van der Waals surface area contributed by atoms with E-state index in [0.717, 1.165) is 5.56 Å². The molecule has 1 aromatic rings. The average molecular weight is 573 g/mol. The highest BCUT2D eigenvalue weighted by atomic mass is 16.2. The number of carbonyl (C=O) groups is 6. The summed E-state index contributed by atoms with van der Waals surface area (Å²) in [5, 5.41) is 15.9. The molecule has 226 valence electrons. The second-order valence-corrected chi connectivity index (χ2v) is 11.4. The molecule has 41 heavy (non-hydrogen) atoms. The summed E-state index contributed by atoms with van der Waals surface area (Å²) in [4.78, 5) is 78.2. The van der Waals surface area contributed by atoms with Crippen LogP contribution in [0.3, 0.4) is 0 Å². The first kappa shape index (κ1) is 33.2. The van der Waals surface area contributed by atoms with Gasteiger partial charge in [0, 0.05) is 19.9 Å². The van der Waals surface area contributed by atoms with Gasteiger partial charge >= 0.3 is 0 Å². The zero-order valence-corrected chi connectivity index (χ0v) is 24.7. The van der Waals surface area contributed by atoms with Crippen LogP contribution >= 0.6 is 0 Å². The van der Waals surface area contributed by atoms with Gasteiger partial charge in [0.25, 0.3) is 0 Å². The molecule has 0 bridgehead atoms. The van der Waals surface area contributed by atoms with E-state index in [1.807, 2.05) is 33.8 Å². The van der Waals surface area contributed by atoms with Gasteiger partial charge in [0.1, 0.15) is 30.2 Å². The lowest BCUT2D eigenvalue weighted by Crippen LogP contribution is -2.61. The number of hydrogen-bond acceptors (Lipinski definition) is 6. The monoisotopic (exact) mass is 572 g/mol. The minimum absolute atomic E-state index is 0.0196. The molecule has 1 aromatic carbocycles. The Morgan fingerprint density at radius 1 is 0.756 bits per heavy atom. The van der Waals surface area contributed by atoms with E-state index >= 15 is 0 Å². The topological polar surface area (TPSA) is 175 Å². The van der Waals surface area contributed by atoms with E-state index in [4.69, 9.17) is 0 Å². The normalized spacial score (nSPS) is 25.1. The number of nitrogens with one attached hydrogen (secondary N) is 6. The first-order valence-corrected chi connectivity index (χ1v) is 14.1. The fourth-order valence-corrected chi connectivity index (χ4v) is 4.47. The van der Waals surface area contributed by atoms with Crippen LogP contribution < -0.4 is 31.9 Å². The maximum Gasteiger partial charge on any atom is 0.245 e. The molecule has 6 amide bonds. The minimum Gasteiger partial charge on any atom is -0.352 e. The summed E-state index contributed by atoms with van der Waals surface area (Å²) < 4.78 is 0. The predicted molar refractivity (Wildman–Crippen MR) is 153 cm³/mol. The standard InChI is InChI=1S/C29H44N6O6/c1-16(2)12-21-26(38)30-15-24(32-19(6)36)29(41)35-23(14-20-10-8-7-9-11-20)28(40)34-22(13-17(3)4)27(39)31-18(5)25(37)33-21/h7-11,16-18,21-24H,12-15H2,1-6H3,(H,30,38)(H,31,39)(H,32,36)(H,33,37)(H,34,40)(H,35,41)/t18-,21-,22-,23-,24-/m0/s1. The molecule has 0 saturated carbocycles. The molecule has 1 aliphatic rings. The third kappa shape index (κ3) is 11.2. The molecule has 12 heteroatoms. The highest BCUT2D eigenvalue weighted by Gasteiger charge is 2.33. The molecule has 1 aliphatic heterocycles. The zero-order chi connectivity index (χ0) is 30.7. The third-order valence-electron chi connectivity index (χ3n) is 6.52. The molecule has 0 radical (unpaired) electrons. The number of carbonyl (C=O) groups excluding carboxylic acids is 6. The van der Waals surface area contributed by atoms with E-state index < -0.39 is 65.7 Å².